The highest BCUT2D eigenvalue weighted by molar-refractivity contribution is 5.93. The number of hydrogen-bond donors (Lipinski definition) is 0. The Balaban J connectivity index is 0.00000121. The molecule has 1 heterocycles. The van der Waals surface area contributed by atoms with Gasteiger partial charge in [-0.3, -0.25) is 4.79 Å². The lowest BCUT2D eigenvalue weighted by Crippen LogP contribution is -3.00. The summed E-state index contributed by atoms with van der Waals surface area (Å²) in [5, 5.41) is 0. The Labute approximate surface area is 83.0 Å². The summed E-state index contributed by atoms with van der Waals surface area (Å²) in [5.41, 5.74) is 0.773. The molecule has 0 radical (unpaired) electrons. The van der Waals surface area contributed by atoms with Gasteiger partial charge in [0.15, 0.2) is 18.2 Å². The number of pyridine rings is 1. The van der Waals surface area contributed by atoms with Crippen LogP contribution >= 0.6 is 0 Å². The summed E-state index contributed by atoms with van der Waals surface area (Å²) in [5.74, 6) is 0.119. The van der Waals surface area contributed by atoms with Gasteiger partial charge in [-0.05, 0) is 13.8 Å². The maximum atomic E-state index is 10.8. The zero-order valence-electron chi connectivity index (χ0n) is 7.25. The van der Waals surface area contributed by atoms with Crippen molar-refractivity contribution in [1.29, 1.82) is 0 Å². The molecule has 0 atom stereocenters. The van der Waals surface area contributed by atoms with Crippen LogP contribution in [0.4, 0.5) is 0 Å². The molecule has 3 heteroatoms. The average molecular weight is 230 g/mol. The molecule has 2 nitrogen and oxygen atoms in total. The molecule has 1 aromatic rings. The second kappa shape index (κ2) is 5.04. The van der Waals surface area contributed by atoms with Crippen LogP contribution in [0.2, 0.25) is 0 Å². The van der Waals surface area contributed by atoms with Crippen molar-refractivity contribution in [2.75, 3.05) is 0 Å². The summed E-state index contributed by atoms with van der Waals surface area (Å²) in [4.78, 5) is 10.8. The van der Waals surface area contributed by atoms with Crippen molar-refractivity contribution in [2.24, 2.45) is 0 Å². The first-order chi connectivity index (χ1) is 5.24. The highest BCUT2D eigenvalue weighted by atomic mass is 79.9. The first-order valence-electron chi connectivity index (χ1n) is 3.74. The molecule has 66 valence electrons. The molecule has 12 heavy (non-hydrogen) atoms. The Morgan fingerprint density at radius 3 is 2.25 bits per heavy atom. The minimum Gasteiger partial charge on any atom is -1.00 e. The van der Waals surface area contributed by atoms with Crippen molar-refractivity contribution in [2.45, 2.75) is 20.4 Å². The summed E-state index contributed by atoms with van der Waals surface area (Å²) in [6.45, 7) is 4.58. The van der Waals surface area contributed by atoms with Crippen molar-refractivity contribution < 1.29 is 26.3 Å². The molecule has 0 saturated heterocycles. The molecule has 0 aliphatic carbocycles. The number of carbonyl (C=O) groups excluding carboxylic acids is 1. The fraction of sp³-hybridized carbons (Fsp3) is 0.333. The summed E-state index contributed by atoms with van der Waals surface area (Å²) < 4.78 is 2.02. The number of rotatable bonds is 2. The van der Waals surface area contributed by atoms with E-state index in [4.69, 9.17) is 0 Å². The predicted molar refractivity (Wildman–Crippen MR) is 42.3 cm³/mol. The lowest BCUT2D eigenvalue weighted by Gasteiger charge is -1.92. The van der Waals surface area contributed by atoms with Gasteiger partial charge >= 0.3 is 0 Å². The zero-order chi connectivity index (χ0) is 8.27. The Hall–Kier alpha value is -0.700. The summed E-state index contributed by atoms with van der Waals surface area (Å²) in [7, 11) is 0. The number of ketones is 1. The Kier molecular flexibility index (Phi) is 4.74. The summed E-state index contributed by atoms with van der Waals surface area (Å²) >= 11 is 0. The fourth-order valence-electron chi connectivity index (χ4n) is 0.903. The van der Waals surface area contributed by atoms with E-state index in [1.807, 2.05) is 29.1 Å². The SMILES string of the molecule is CC[n+]1ccc(C(C)=O)cc1.[Br-]. The number of aryl methyl sites for hydroxylation is 1. The average Bonchev–Trinajstić information content (AvgIpc) is 2.05. The van der Waals surface area contributed by atoms with Crippen molar-refractivity contribution in [3.8, 4) is 0 Å². The third-order valence-corrected chi connectivity index (χ3v) is 1.66. The van der Waals surface area contributed by atoms with Gasteiger partial charge < -0.3 is 17.0 Å². The van der Waals surface area contributed by atoms with Gasteiger partial charge in [-0.25, -0.2) is 4.57 Å². The van der Waals surface area contributed by atoms with Crippen LogP contribution in [0, 0.1) is 0 Å². The van der Waals surface area contributed by atoms with Gasteiger partial charge in [-0.2, -0.15) is 0 Å². The molecule has 0 spiro atoms. The monoisotopic (exact) mass is 229 g/mol. The maximum absolute atomic E-state index is 10.8. The highest BCUT2D eigenvalue weighted by Gasteiger charge is 2.00. The van der Waals surface area contributed by atoms with Crippen LogP contribution in [0.15, 0.2) is 24.5 Å². The lowest BCUT2D eigenvalue weighted by atomic mass is 10.2. The molecule has 0 aliphatic heterocycles. The molecule has 0 aromatic carbocycles. The number of aromatic nitrogens is 1. The van der Waals surface area contributed by atoms with E-state index in [9.17, 15) is 4.79 Å². The minimum absolute atomic E-state index is 0. The van der Waals surface area contributed by atoms with Crippen molar-refractivity contribution in [1.82, 2.24) is 0 Å². The van der Waals surface area contributed by atoms with Gasteiger partial charge in [0.25, 0.3) is 0 Å². The second-order valence-corrected chi connectivity index (χ2v) is 2.47. The zero-order valence-corrected chi connectivity index (χ0v) is 8.84. The van der Waals surface area contributed by atoms with Crippen LogP contribution in [0.1, 0.15) is 24.2 Å². The van der Waals surface area contributed by atoms with E-state index in [0.29, 0.717) is 0 Å². The molecule has 1 rings (SSSR count). The molecular formula is C9H12BrNO. The van der Waals surface area contributed by atoms with Crippen molar-refractivity contribution in [3.63, 3.8) is 0 Å². The molecule has 1 aromatic heterocycles. The van der Waals surface area contributed by atoms with Gasteiger partial charge in [0.1, 0.15) is 6.54 Å². The van der Waals surface area contributed by atoms with Crippen LogP contribution in [0.5, 0.6) is 0 Å². The molecular weight excluding hydrogens is 218 g/mol. The smallest absolute Gasteiger partial charge is 0.169 e. The maximum Gasteiger partial charge on any atom is 0.169 e. The molecule has 0 bridgehead atoms. The quantitative estimate of drug-likeness (QED) is 0.434. The summed E-state index contributed by atoms with van der Waals surface area (Å²) in [6.07, 6.45) is 3.83. The van der Waals surface area contributed by atoms with E-state index >= 15 is 0 Å². The minimum atomic E-state index is 0. The van der Waals surface area contributed by atoms with Crippen LogP contribution in [0.3, 0.4) is 0 Å². The van der Waals surface area contributed by atoms with Crippen LogP contribution in [-0.4, -0.2) is 5.78 Å². The normalized spacial score (nSPS) is 8.83. The lowest BCUT2D eigenvalue weighted by molar-refractivity contribution is -0.693. The third-order valence-electron chi connectivity index (χ3n) is 1.66. The van der Waals surface area contributed by atoms with E-state index < -0.39 is 0 Å². The van der Waals surface area contributed by atoms with Crippen molar-refractivity contribution in [3.05, 3.63) is 30.1 Å². The number of carbonyl (C=O) groups is 1. The van der Waals surface area contributed by atoms with Crippen LogP contribution in [-0.2, 0) is 6.54 Å². The van der Waals surface area contributed by atoms with Gasteiger partial charge in [0, 0.05) is 17.7 Å². The van der Waals surface area contributed by atoms with E-state index in [0.717, 1.165) is 12.1 Å². The molecule has 0 fully saturated rings. The van der Waals surface area contributed by atoms with Gasteiger partial charge in [0.05, 0.1) is 0 Å². The van der Waals surface area contributed by atoms with E-state index in [-0.39, 0.29) is 22.8 Å². The Morgan fingerprint density at radius 2 is 1.92 bits per heavy atom. The largest absolute Gasteiger partial charge is 1.00 e. The second-order valence-electron chi connectivity index (χ2n) is 2.47. The van der Waals surface area contributed by atoms with Gasteiger partial charge in [-0.1, -0.05) is 0 Å². The van der Waals surface area contributed by atoms with Gasteiger partial charge in [0.2, 0.25) is 0 Å². The molecule has 0 aliphatic rings. The third kappa shape index (κ3) is 2.74. The first kappa shape index (κ1) is 11.3. The number of nitrogens with zero attached hydrogens (tertiary/aromatic N) is 1. The fourth-order valence-corrected chi connectivity index (χ4v) is 0.903. The molecule has 0 amide bonds. The number of Topliss-reactive ketones (excluding diaryl/α,β-unsaturated/α-hetero) is 1. The number of hydrogen-bond acceptors (Lipinski definition) is 1. The van der Waals surface area contributed by atoms with Crippen LogP contribution < -0.4 is 21.5 Å². The van der Waals surface area contributed by atoms with Crippen LogP contribution in [0.25, 0.3) is 0 Å². The predicted octanol–water partition coefficient (Wildman–Crippen LogP) is -1.80. The summed E-state index contributed by atoms with van der Waals surface area (Å²) in [6, 6.07) is 3.68. The van der Waals surface area contributed by atoms with E-state index in [1.165, 1.54) is 0 Å². The Bertz CT molecular complexity index is 256. The Morgan fingerprint density at radius 1 is 1.42 bits per heavy atom. The molecule has 0 saturated carbocycles. The standard InChI is InChI=1S/C9H12NO.BrH/c1-3-10-6-4-9(5-7-10)8(2)11;/h4-7H,3H2,1-2H3;1H/q+1;/p-1. The highest BCUT2D eigenvalue weighted by Crippen LogP contribution is 1.94. The topological polar surface area (TPSA) is 20.9 Å². The molecule has 0 unspecified atom stereocenters. The molecule has 0 N–H and O–H groups in total. The number of halogens is 1. The van der Waals surface area contributed by atoms with E-state index in [2.05, 4.69) is 6.92 Å². The first-order valence-corrected chi connectivity index (χ1v) is 3.74. The van der Waals surface area contributed by atoms with E-state index in [1.54, 1.807) is 6.92 Å². The van der Waals surface area contributed by atoms with Crippen molar-refractivity contribution >= 4 is 5.78 Å². The van der Waals surface area contributed by atoms with Gasteiger partial charge in [-0.15, -0.1) is 0 Å².